The fourth-order valence-electron chi connectivity index (χ4n) is 1.37. The third-order valence-corrected chi connectivity index (χ3v) is 2.67. The number of hydrogen-bond donors (Lipinski definition) is 0. The highest BCUT2D eigenvalue weighted by Gasteiger charge is 2.21. The van der Waals surface area contributed by atoms with Crippen LogP contribution in [0.1, 0.15) is 36.2 Å². The monoisotopic (exact) mass is 292 g/mol. The molecule has 0 atom stereocenters. The van der Waals surface area contributed by atoms with Crippen LogP contribution < -0.4 is 4.74 Å². The second-order valence-electron chi connectivity index (χ2n) is 3.13. The molecule has 0 heterocycles. The van der Waals surface area contributed by atoms with Crippen LogP contribution in [-0.2, 0) is 0 Å². The van der Waals surface area contributed by atoms with Crippen molar-refractivity contribution in [3.63, 3.8) is 0 Å². The molecule has 1 rings (SSSR count). The number of carbonyl (C=O) groups excluding carboxylic acids is 1. The first-order chi connectivity index (χ1) is 7.49. The molecule has 0 unspecified atom stereocenters. The quantitative estimate of drug-likeness (QED) is 0.785. The third-order valence-electron chi connectivity index (χ3n) is 2.01. The Kier molecular flexibility index (Phi) is 4.41. The van der Waals surface area contributed by atoms with Gasteiger partial charge < -0.3 is 4.74 Å². The van der Waals surface area contributed by atoms with Crippen molar-refractivity contribution >= 4 is 21.7 Å². The molecule has 0 N–H and O–H groups in total. The number of hydrogen-bond acceptors (Lipinski definition) is 2. The number of ketones is 1. The van der Waals surface area contributed by atoms with Crippen molar-refractivity contribution in [1.29, 1.82) is 0 Å². The summed E-state index contributed by atoms with van der Waals surface area (Å²) in [4.78, 5) is 11.4. The molecule has 0 saturated carbocycles. The van der Waals surface area contributed by atoms with Crippen molar-refractivity contribution in [3.8, 4) is 5.75 Å². The molecule has 16 heavy (non-hydrogen) atoms. The number of halogens is 3. The summed E-state index contributed by atoms with van der Waals surface area (Å²) in [7, 11) is 0. The second-order valence-corrected chi connectivity index (χ2v) is 3.98. The molecule has 0 radical (unpaired) electrons. The lowest BCUT2D eigenvalue weighted by molar-refractivity contribution is 0.101. The molecule has 0 fully saturated rings. The van der Waals surface area contributed by atoms with E-state index >= 15 is 0 Å². The van der Waals surface area contributed by atoms with Crippen LogP contribution in [0.3, 0.4) is 0 Å². The summed E-state index contributed by atoms with van der Waals surface area (Å²) >= 11 is 3.16. The average molecular weight is 293 g/mol. The van der Waals surface area contributed by atoms with Gasteiger partial charge in [-0.15, -0.1) is 0 Å². The van der Waals surface area contributed by atoms with Gasteiger partial charge >= 0.3 is 0 Å². The van der Waals surface area contributed by atoms with Gasteiger partial charge in [0.05, 0.1) is 17.7 Å². The third kappa shape index (κ3) is 2.58. The Balaban J connectivity index is 3.43. The Bertz CT molecular complexity index is 405. The molecular weight excluding hydrogens is 282 g/mol. The van der Waals surface area contributed by atoms with Crippen LogP contribution in [0.4, 0.5) is 8.78 Å². The number of alkyl halides is 2. The average Bonchev–Trinajstić information content (AvgIpc) is 2.17. The Morgan fingerprint density at radius 1 is 1.50 bits per heavy atom. The van der Waals surface area contributed by atoms with E-state index in [1.54, 1.807) is 6.92 Å². The van der Waals surface area contributed by atoms with Crippen LogP contribution in [-0.4, -0.2) is 12.4 Å². The fraction of sp³-hybridized carbons (Fsp3) is 0.364. The molecule has 5 heteroatoms. The molecule has 0 aromatic heterocycles. The van der Waals surface area contributed by atoms with E-state index in [-0.39, 0.29) is 29.3 Å². The fourth-order valence-corrected chi connectivity index (χ4v) is 1.97. The van der Waals surface area contributed by atoms with Gasteiger partial charge in [-0.2, -0.15) is 0 Å². The highest BCUT2D eigenvalue weighted by molar-refractivity contribution is 9.10. The van der Waals surface area contributed by atoms with Gasteiger partial charge in [-0.25, -0.2) is 8.78 Å². The highest BCUT2D eigenvalue weighted by atomic mass is 79.9. The van der Waals surface area contributed by atoms with Gasteiger partial charge in [0.25, 0.3) is 6.43 Å². The number of Topliss-reactive ketones (excluding diaryl/α,β-unsaturated/α-hetero) is 1. The Labute approximate surface area is 101 Å². The molecule has 0 aliphatic rings. The zero-order valence-electron chi connectivity index (χ0n) is 8.89. The van der Waals surface area contributed by atoms with Gasteiger partial charge in [0.2, 0.25) is 0 Å². The van der Waals surface area contributed by atoms with Crippen molar-refractivity contribution in [3.05, 3.63) is 27.7 Å². The van der Waals surface area contributed by atoms with Gasteiger partial charge in [0, 0.05) is 4.47 Å². The Morgan fingerprint density at radius 3 is 2.56 bits per heavy atom. The van der Waals surface area contributed by atoms with E-state index in [0.29, 0.717) is 4.47 Å². The maximum atomic E-state index is 12.7. The minimum Gasteiger partial charge on any atom is -0.493 e. The largest absolute Gasteiger partial charge is 0.493 e. The van der Waals surface area contributed by atoms with Crippen LogP contribution in [0.15, 0.2) is 16.6 Å². The number of rotatable bonds is 4. The van der Waals surface area contributed by atoms with Crippen LogP contribution >= 0.6 is 15.9 Å². The first-order valence-corrected chi connectivity index (χ1v) is 5.52. The van der Waals surface area contributed by atoms with E-state index in [9.17, 15) is 13.6 Å². The van der Waals surface area contributed by atoms with E-state index in [4.69, 9.17) is 4.74 Å². The number of benzene rings is 1. The van der Waals surface area contributed by atoms with Crippen LogP contribution in [0.2, 0.25) is 0 Å². The molecule has 1 aromatic rings. The van der Waals surface area contributed by atoms with Crippen LogP contribution in [0.25, 0.3) is 0 Å². The summed E-state index contributed by atoms with van der Waals surface area (Å²) < 4.78 is 31.0. The first-order valence-electron chi connectivity index (χ1n) is 4.73. The molecule has 0 amide bonds. The summed E-state index contributed by atoms with van der Waals surface area (Å²) in [5, 5.41) is 0. The SMILES string of the molecule is CCOc1c(C(F)F)ccc(Br)c1C(C)=O. The van der Waals surface area contributed by atoms with E-state index in [2.05, 4.69) is 15.9 Å². The van der Waals surface area contributed by atoms with Gasteiger partial charge in [-0.05, 0) is 41.9 Å². The number of carbonyl (C=O) groups is 1. The molecule has 0 spiro atoms. The molecule has 2 nitrogen and oxygen atoms in total. The Morgan fingerprint density at radius 2 is 2.12 bits per heavy atom. The summed E-state index contributed by atoms with van der Waals surface area (Å²) in [5.41, 5.74) is -0.0881. The van der Waals surface area contributed by atoms with E-state index in [1.807, 2.05) is 0 Å². The summed E-state index contributed by atoms with van der Waals surface area (Å²) in [6, 6.07) is 2.69. The molecule has 0 aliphatic carbocycles. The van der Waals surface area contributed by atoms with E-state index in [0.717, 1.165) is 0 Å². The van der Waals surface area contributed by atoms with Crippen molar-refractivity contribution in [2.24, 2.45) is 0 Å². The van der Waals surface area contributed by atoms with E-state index < -0.39 is 6.43 Å². The predicted octanol–water partition coefficient (Wildman–Crippen LogP) is 3.99. The first kappa shape index (κ1) is 13.1. The van der Waals surface area contributed by atoms with Gasteiger partial charge in [-0.3, -0.25) is 4.79 Å². The normalized spacial score (nSPS) is 10.6. The minimum atomic E-state index is -2.66. The topological polar surface area (TPSA) is 26.3 Å². The lowest BCUT2D eigenvalue weighted by Crippen LogP contribution is -2.05. The van der Waals surface area contributed by atoms with E-state index in [1.165, 1.54) is 19.1 Å². The molecule has 0 bridgehead atoms. The predicted molar refractivity (Wildman–Crippen MR) is 60.3 cm³/mol. The second kappa shape index (κ2) is 5.39. The molecule has 0 saturated heterocycles. The lowest BCUT2D eigenvalue weighted by atomic mass is 10.1. The van der Waals surface area contributed by atoms with Gasteiger partial charge in [0.1, 0.15) is 5.75 Å². The minimum absolute atomic E-state index is 0.0284. The zero-order chi connectivity index (χ0) is 12.3. The molecule has 88 valence electrons. The van der Waals surface area contributed by atoms with Gasteiger partial charge in [0.15, 0.2) is 5.78 Å². The van der Waals surface area contributed by atoms with Crippen LogP contribution in [0.5, 0.6) is 5.75 Å². The maximum absolute atomic E-state index is 12.7. The summed E-state index contributed by atoms with van der Waals surface area (Å²) in [5.74, 6) is -0.336. The van der Waals surface area contributed by atoms with Crippen molar-refractivity contribution < 1.29 is 18.3 Å². The van der Waals surface area contributed by atoms with Crippen molar-refractivity contribution in [2.75, 3.05) is 6.61 Å². The van der Waals surface area contributed by atoms with Crippen molar-refractivity contribution in [1.82, 2.24) is 0 Å². The zero-order valence-corrected chi connectivity index (χ0v) is 10.5. The standard InChI is InChI=1S/C11H11BrF2O2/c1-3-16-10-7(11(13)14)4-5-8(12)9(10)6(2)15/h4-5,11H,3H2,1-2H3. The maximum Gasteiger partial charge on any atom is 0.267 e. The lowest BCUT2D eigenvalue weighted by Gasteiger charge is -2.14. The summed E-state index contributed by atoms with van der Waals surface area (Å²) in [6.45, 7) is 3.23. The smallest absolute Gasteiger partial charge is 0.267 e. The molecular formula is C11H11BrF2O2. The van der Waals surface area contributed by atoms with Gasteiger partial charge in [-0.1, -0.05) is 0 Å². The molecule has 1 aromatic carbocycles. The highest BCUT2D eigenvalue weighted by Crippen LogP contribution is 2.36. The molecule has 0 aliphatic heterocycles. The Hall–Kier alpha value is -0.970. The van der Waals surface area contributed by atoms with Crippen LogP contribution in [0, 0.1) is 0 Å². The van der Waals surface area contributed by atoms with Crippen molar-refractivity contribution in [2.45, 2.75) is 20.3 Å². The summed E-state index contributed by atoms with van der Waals surface area (Å²) in [6.07, 6.45) is -2.66. The number of ether oxygens (including phenoxy) is 1.